The third-order valence-electron chi connectivity index (χ3n) is 3.03. The van der Waals surface area contributed by atoms with Crippen LogP contribution >= 0.6 is 0 Å². The molecule has 2 rings (SSSR count). The molecule has 1 fully saturated rings. The number of rotatable bonds is 3. The van der Waals surface area contributed by atoms with Crippen molar-refractivity contribution in [2.24, 2.45) is 11.8 Å². The smallest absolute Gasteiger partial charge is 0.150 e. The summed E-state index contributed by atoms with van der Waals surface area (Å²) in [4.78, 5) is 0. The molecular formula is C9H15NO3. The second-order valence-electron chi connectivity index (χ2n) is 3.73. The van der Waals surface area contributed by atoms with E-state index < -0.39 is 5.23 Å². The highest BCUT2D eigenvalue weighted by molar-refractivity contribution is 5.15. The average Bonchev–Trinajstić information content (AvgIpc) is 2.63. The monoisotopic (exact) mass is 185 g/mol. The predicted octanol–water partition coefficient (Wildman–Crippen LogP) is -0.262. The van der Waals surface area contributed by atoms with Crippen LogP contribution in [0.2, 0.25) is 0 Å². The standard InChI is InChI=1S/C9H15NO3/c1-2-13-9-7-4-3-6(5-7)8(9)10(11)12/h3-4,6-11H,2,5H2,1H3. The van der Waals surface area contributed by atoms with Gasteiger partial charge in [0.2, 0.25) is 0 Å². The highest BCUT2D eigenvalue weighted by Gasteiger charge is 2.49. The molecule has 13 heavy (non-hydrogen) atoms. The fourth-order valence-electron chi connectivity index (χ4n) is 2.52. The SMILES string of the molecule is CCOC1C2C=CC(C2)C1[NH+]([O-])O. The third kappa shape index (κ3) is 1.40. The van der Waals surface area contributed by atoms with Crippen molar-refractivity contribution in [2.75, 3.05) is 6.61 Å². The molecule has 4 heteroatoms. The molecule has 0 heterocycles. The van der Waals surface area contributed by atoms with E-state index in [9.17, 15) is 5.21 Å². The lowest BCUT2D eigenvalue weighted by atomic mass is 9.99. The summed E-state index contributed by atoms with van der Waals surface area (Å²) in [5.74, 6) is 0.546. The molecule has 0 aromatic heterocycles. The summed E-state index contributed by atoms with van der Waals surface area (Å²) in [5.41, 5.74) is 0. The van der Waals surface area contributed by atoms with Crippen molar-refractivity contribution in [2.45, 2.75) is 25.5 Å². The number of hydrogen-bond donors (Lipinski definition) is 2. The largest absolute Gasteiger partial charge is 0.600 e. The van der Waals surface area contributed by atoms with Crippen LogP contribution in [0.25, 0.3) is 0 Å². The first-order valence-electron chi connectivity index (χ1n) is 4.76. The summed E-state index contributed by atoms with van der Waals surface area (Å²) < 4.78 is 5.48. The van der Waals surface area contributed by atoms with Gasteiger partial charge in [-0.25, -0.2) is 10.4 Å². The van der Waals surface area contributed by atoms with E-state index in [4.69, 9.17) is 9.94 Å². The number of fused-ring (bicyclic) bond motifs is 2. The Hall–Kier alpha value is -0.420. The molecule has 5 atom stereocenters. The molecule has 2 aliphatic carbocycles. The van der Waals surface area contributed by atoms with Crippen LogP contribution < -0.4 is 5.23 Å². The topological polar surface area (TPSA) is 57.0 Å². The van der Waals surface area contributed by atoms with E-state index in [2.05, 4.69) is 6.08 Å². The Morgan fingerprint density at radius 2 is 2.23 bits per heavy atom. The molecule has 74 valence electrons. The highest BCUT2D eigenvalue weighted by Crippen LogP contribution is 2.39. The zero-order chi connectivity index (χ0) is 9.42. The molecule has 2 aliphatic rings. The van der Waals surface area contributed by atoms with Crippen LogP contribution in [0.5, 0.6) is 0 Å². The van der Waals surface area contributed by atoms with Gasteiger partial charge in [-0.05, 0) is 13.3 Å². The van der Waals surface area contributed by atoms with Gasteiger partial charge in [-0.15, -0.1) is 0 Å². The lowest BCUT2D eigenvalue weighted by Gasteiger charge is -2.31. The molecule has 2 bridgehead atoms. The summed E-state index contributed by atoms with van der Waals surface area (Å²) in [6.45, 7) is 2.51. The Morgan fingerprint density at radius 1 is 1.54 bits per heavy atom. The maximum Gasteiger partial charge on any atom is 0.150 e. The molecule has 1 saturated carbocycles. The lowest BCUT2D eigenvalue weighted by molar-refractivity contribution is -1.07. The first-order valence-corrected chi connectivity index (χ1v) is 4.76. The first kappa shape index (κ1) is 9.15. The van der Waals surface area contributed by atoms with Gasteiger partial charge in [0.15, 0.2) is 0 Å². The van der Waals surface area contributed by atoms with Gasteiger partial charge < -0.3 is 9.94 Å². The molecule has 0 spiro atoms. The van der Waals surface area contributed by atoms with Crippen LogP contribution in [0, 0.1) is 17.0 Å². The van der Waals surface area contributed by atoms with Crippen LogP contribution in [0.15, 0.2) is 12.2 Å². The Bertz CT molecular complexity index is 217. The maximum atomic E-state index is 11.0. The third-order valence-corrected chi connectivity index (χ3v) is 3.03. The van der Waals surface area contributed by atoms with Gasteiger partial charge >= 0.3 is 0 Å². The quantitative estimate of drug-likeness (QED) is 0.470. The van der Waals surface area contributed by atoms with Crippen molar-refractivity contribution in [3.63, 3.8) is 0 Å². The van der Waals surface area contributed by atoms with E-state index in [-0.39, 0.29) is 18.1 Å². The molecule has 0 saturated heterocycles. The minimum absolute atomic E-state index is 0.0856. The second-order valence-corrected chi connectivity index (χ2v) is 3.73. The van der Waals surface area contributed by atoms with Crippen LogP contribution in [0.1, 0.15) is 13.3 Å². The second kappa shape index (κ2) is 3.38. The van der Waals surface area contributed by atoms with E-state index >= 15 is 0 Å². The minimum Gasteiger partial charge on any atom is -0.600 e. The maximum absolute atomic E-state index is 11.0. The molecular weight excluding hydrogens is 170 g/mol. The fraction of sp³-hybridized carbons (Fsp3) is 0.778. The summed E-state index contributed by atoms with van der Waals surface area (Å²) in [7, 11) is 0. The van der Waals surface area contributed by atoms with E-state index in [0.717, 1.165) is 6.42 Å². The fourth-order valence-corrected chi connectivity index (χ4v) is 2.52. The van der Waals surface area contributed by atoms with Gasteiger partial charge in [0, 0.05) is 18.4 Å². The molecule has 0 aromatic rings. The Balaban J connectivity index is 2.11. The number of hydrogen-bond acceptors (Lipinski definition) is 3. The predicted molar refractivity (Wildman–Crippen MR) is 46.1 cm³/mol. The molecule has 0 radical (unpaired) electrons. The summed E-state index contributed by atoms with van der Waals surface area (Å²) in [6.07, 6.45) is 5.00. The lowest BCUT2D eigenvalue weighted by Crippen LogP contribution is -3.11. The van der Waals surface area contributed by atoms with Crippen molar-refractivity contribution < 1.29 is 15.2 Å². The molecule has 5 unspecified atom stereocenters. The molecule has 0 amide bonds. The van der Waals surface area contributed by atoms with Crippen molar-refractivity contribution in [1.82, 2.24) is 0 Å². The molecule has 2 N–H and O–H groups in total. The summed E-state index contributed by atoms with van der Waals surface area (Å²) in [5, 5.41) is 19.3. The zero-order valence-electron chi connectivity index (χ0n) is 7.64. The molecule has 4 nitrogen and oxygen atoms in total. The van der Waals surface area contributed by atoms with Crippen molar-refractivity contribution in [3.05, 3.63) is 17.4 Å². The van der Waals surface area contributed by atoms with Crippen LogP contribution in [0.4, 0.5) is 0 Å². The van der Waals surface area contributed by atoms with Gasteiger partial charge in [0.1, 0.15) is 12.1 Å². The summed E-state index contributed by atoms with van der Waals surface area (Å²) >= 11 is 0. The van der Waals surface area contributed by atoms with Crippen LogP contribution in [0.3, 0.4) is 0 Å². The highest BCUT2D eigenvalue weighted by atomic mass is 16.8. The average molecular weight is 185 g/mol. The van der Waals surface area contributed by atoms with Gasteiger partial charge in [-0.1, -0.05) is 12.2 Å². The molecule has 0 aliphatic heterocycles. The van der Waals surface area contributed by atoms with Crippen molar-refractivity contribution >= 4 is 0 Å². The van der Waals surface area contributed by atoms with Crippen molar-refractivity contribution in [3.8, 4) is 0 Å². The number of nitrogens with one attached hydrogen (secondary N) is 1. The number of ether oxygens (including phenoxy) is 1. The number of hydroxylamine groups is 2. The zero-order valence-corrected chi connectivity index (χ0v) is 7.64. The van der Waals surface area contributed by atoms with E-state index in [1.54, 1.807) is 0 Å². The van der Waals surface area contributed by atoms with E-state index in [1.165, 1.54) is 0 Å². The van der Waals surface area contributed by atoms with Crippen LogP contribution in [-0.4, -0.2) is 24.0 Å². The van der Waals surface area contributed by atoms with Gasteiger partial charge in [0.05, 0.1) is 0 Å². The Kier molecular flexibility index (Phi) is 2.38. The van der Waals surface area contributed by atoms with Gasteiger partial charge in [-0.2, -0.15) is 0 Å². The van der Waals surface area contributed by atoms with Crippen molar-refractivity contribution in [1.29, 1.82) is 0 Å². The summed E-state index contributed by atoms with van der Waals surface area (Å²) in [6, 6.07) is -0.310. The Morgan fingerprint density at radius 3 is 2.85 bits per heavy atom. The molecule has 0 aromatic carbocycles. The number of quaternary nitrogens is 1. The first-order chi connectivity index (χ1) is 6.24. The van der Waals surface area contributed by atoms with Crippen LogP contribution in [-0.2, 0) is 4.74 Å². The van der Waals surface area contributed by atoms with E-state index in [1.807, 2.05) is 13.0 Å². The van der Waals surface area contributed by atoms with Gasteiger partial charge in [0.25, 0.3) is 0 Å². The van der Waals surface area contributed by atoms with Gasteiger partial charge in [-0.3, -0.25) is 0 Å². The Labute approximate surface area is 77.3 Å². The minimum atomic E-state index is -0.713. The van der Waals surface area contributed by atoms with E-state index in [0.29, 0.717) is 12.5 Å². The normalized spacial score (nSPS) is 44.2.